The minimum Gasteiger partial charge on any atom is -0.475 e. The number of aliphatic hydroxyl groups is 1. The third-order valence-corrected chi connectivity index (χ3v) is 10.6. The molecule has 9 rings (SSSR count). The number of aliphatic hydroxyl groups excluding tert-OH is 1. The largest absolute Gasteiger partial charge is 0.475 e. The average Bonchev–Trinajstić information content (AvgIpc) is 3.53. The Morgan fingerprint density at radius 2 is 2.11 bits per heavy atom. The fourth-order valence-electron chi connectivity index (χ4n) is 8.01. The number of benzene rings is 1. The van der Waals surface area contributed by atoms with E-state index in [1.165, 1.54) is 5.57 Å². The van der Waals surface area contributed by atoms with Crippen LogP contribution in [0.3, 0.4) is 0 Å². The highest BCUT2D eigenvalue weighted by Crippen LogP contribution is 2.51. The molecule has 5 aliphatic rings. The highest BCUT2D eigenvalue weighted by molar-refractivity contribution is 6.33. The van der Waals surface area contributed by atoms with Crippen molar-refractivity contribution in [3.8, 4) is 23.1 Å². The molecule has 1 aliphatic carbocycles. The van der Waals surface area contributed by atoms with E-state index in [1.807, 2.05) is 11.0 Å². The summed E-state index contributed by atoms with van der Waals surface area (Å²) in [7, 11) is 0. The van der Waals surface area contributed by atoms with Crippen molar-refractivity contribution in [3.05, 3.63) is 40.8 Å². The lowest BCUT2D eigenvalue weighted by atomic mass is 9.94. The molecule has 1 aromatic carbocycles. The highest BCUT2D eigenvalue weighted by atomic mass is 35.5. The quantitative estimate of drug-likeness (QED) is 0.294. The van der Waals surface area contributed by atoms with Crippen molar-refractivity contribution in [3.63, 3.8) is 0 Å². The van der Waals surface area contributed by atoms with E-state index in [-0.39, 0.29) is 40.6 Å². The number of hydrogen-bond acceptors (Lipinski definition) is 9. The molecule has 1 saturated carbocycles. The van der Waals surface area contributed by atoms with Crippen LogP contribution in [0.5, 0.6) is 11.9 Å². The minimum atomic E-state index is -0.585. The molecule has 12 heteroatoms. The monoisotopic (exact) mass is 617 g/mol. The molecule has 0 unspecified atom stereocenters. The summed E-state index contributed by atoms with van der Waals surface area (Å²) in [6.07, 6.45) is 7.45. The van der Waals surface area contributed by atoms with Crippen LogP contribution in [0.25, 0.3) is 33.1 Å². The number of anilines is 1. The third kappa shape index (κ3) is 4.05. The molecule has 0 amide bonds. The van der Waals surface area contributed by atoms with Crippen LogP contribution in [-0.2, 0) is 0 Å². The summed E-state index contributed by atoms with van der Waals surface area (Å²) >= 11 is 6.82. The van der Waals surface area contributed by atoms with Crippen LogP contribution < -0.4 is 14.4 Å². The fourth-order valence-corrected chi connectivity index (χ4v) is 8.37. The van der Waals surface area contributed by atoms with Gasteiger partial charge >= 0.3 is 6.01 Å². The molecule has 0 bridgehead atoms. The molecule has 3 atom stereocenters. The Morgan fingerprint density at radius 1 is 1.23 bits per heavy atom. The molecule has 4 aliphatic heterocycles. The predicted octanol–water partition coefficient (Wildman–Crippen LogP) is 5.13. The maximum absolute atomic E-state index is 17.1. The Hall–Kier alpha value is -3.54. The number of nitrogens with zero attached hydrogens (tertiary/aromatic N) is 6. The molecule has 10 nitrogen and oxygen atoms in total. The molecule has 3 aromatic heterocycles. The number of aromatic amines is 1. The summed E-state index contributed by atoms with van der Waals surface area (Å²) in [6.45, 7) is 7.20. The van der Waals surface area contributed by atoms with E-state index in [4.69, 9.17) is 36.0 Å². The van der Waals surface area contributed by atoms with E-state index in [2.05, 4.69) is 21.7 Å². The van der Waals surface area contributed by atoms with Crippen molar-refractivity contribution in [1.82, 2.24) is 30.0 Å². The minimum absolute atomic E-state index is 0.0547. The first-order valence-electron chi connectivity index (χ1n) is 15.6. The van der Waals surface area contributed by atoms with Gasteiger partial charge in [0.1, 0.15) is 35.6 Å². The van der Waals surface area contributed by atoms with Crippen molar-refractivity contribution >= 4 is 39.2 Å². The van der Waals surface area contributed by atoms with Crippen LogP contribution in [0.2, 0.25) is 5.02 Å². The molecule has 0 radical (unpaired) electrons. The summed E-state index contributed by atoms with van der Waals surface area (Å²) in [5.74, 6) is 0.392. The maximum Gasteiger partial charge on any atom is 0.319 e. The molecular formula is C32H33ClFN7O3. The SMILES string of the molecule is C=C1CN2CCC[C@@]2(COc2nc3c4c(nc(-c5c(C6CC6)c(Cl)cc6[nH]ncc56)c(F)c4n2)OC[C@@H]2CC[C@H](O)CN32)C1. The molecule has 228 valence electrons. The number of halogens is 2. The molecule has 4 aromatic rings. The molecular weight excluding hydrogens is 585 g/mol. The normalized spacial score (nSPS) is 26.6. The topological polar surface area (TPSA) is 113 Å². The number of pyridine rings is 1. The van der Waals surface area contributed by atoms with E-state index in [0.717, 1.165) is 56.1 Å². The number of nitrogens with one attached hydrogen (secondary N) is 1. The first kappa shape index (κ1) is 26.8. The average molecular weight is 618 g/mol. The summed E-state index contributed by atoms with van der Waals surface area (Å²) in [4.78, 5) is 18.9. The van der Waals surface area contributed by atoms with Crippen molar-refractivity contribution in [1.29, 1.82) is 0 Å². The first-order chi connectivity index (χ1) is 21.4. The zero-order valence-corrected chi connectivity index (χ0v) is 25.0. The van der Waals surface area contributed by atoms with Crippen LogP contribution >= 0.6 is 11.6 Å². The van der Waals surface area contributed by atoms with E-state index >= 15 is 4.39 Å². The van der Waals surface area contributed by atoms with Crippen LogP contribution in [-0.4, -0.2) is 85.7 Å². The second-order valence-corrected chi connectivity index (χ2v) is 13.6. The zero-order valence-electron chi connectivity index (χ0n) is 24.3. The van der Waals surface area contributed by atoms with Gasteiger partial charge in [0, 0.05) is 29.1 Å². The van der Waals surface area contributed by atoms with E-state index < -0.39 is 11.9 Å². The summed E-state index contributed by atoms with van der Waals surface area (Å²) in [5, 5.41) is 19.6. The lowest BCUT2D eigenvalue weighted by molar-refractivity contribution is 0.107. The number of hydrogen-bond donors (Lipinski definition) is 2. The van der Waals surface area contributed by atoms with Crippen molar-refractivity contribution in [2.45, 2.75) is 68.5 Å². The van der Waals surface area contributed by atoms with E-state index in [9.17, 15) is 5.11 Å². The Balaban J connectivity index is 1.24. The predicted molar refractivity (Wildman–Crippen MR) is 164 cm³/mol. The molecule has 7 heterocycles. The van der Waals surface area contributed by atoms with Crippen LogP contribution in [0.15, 0.2) is 24.4 Å². The van der Waals surface area contributed by atoms with Crippen LogP contribution in [0.1, 0.15) is 56.4 Å². The third-order valence-electron chi connectivity index (χ3n) is 10.2. The first-order valence-corrected chi connectivity index (χ1v) is 16.0. The van der Waals surface area contributed by atoms with Crippen molar-refractivity contribution in [2.24, 2.45) is 0 Å². The summed E-state index contributed by atoms with van der Waals surface area (Å²) in [6, 6.07) is 1.90. The van der Waals surface area contributed by atoms with Gasteiger partial charge in [-0.15, -0.1) is 0 Å². The van der Waals surface area contributed by atoms with Gasteiger partial charge in [0.2, 0.25) is 5.88 Å². The fraction of sp³-hybridized carbons (Fsp3) is 0.500. The van der Waals surface area contributed by atoms with Crippen molar-refractivity contribution in [2.75, 3.05) is 37.7 Å². The molecule has 44 heavy (non-hydrogen) atoms. The van der Waals surface area contributed by atoms with Gasteiger partial charge < -0.3 is 19.5 Å². The maximum atomic E-state index is 17.1. The Morgan fingerprint density at radius 3 is 2.98 bits per heavy atom. The second kappa shape index (κ2) is 9.73. The lowest BCUT2D eigenvalue weighted by Crippen LogP contribution is -2.48. The summed E-state index contributed by atoms with van der Waals surface area (Å²) in [5.41, 5.74) is 3.47. The Kier molecular flexibility index (Phi) is 5.93. The van der Waals surface area contributed by atoms with Gasteiger partial charge in [-0.3, -0.25) is 10.00 Å². The van der Waals surface area contributed by atoms with Crippen LogP contribution in [0.4, 0.5) is 10.2 Å². The van der Waals surface area contributed by atoms with Crippen molar-refractivity contribution < 1.29 is 19.0 Å². The van der Waals surface area contributed by atoms with E-state index in [1.54, 1.807) is 6.20 Å². The van der Waals surface area contributed by atoms with Gasteiger partial charge in [-0.05, 0) is 69.0 Å². The number of H-pyrrole nitrogens is 1. The lowest BCUT2D eigenvalue weighted by Gasteiger charge is -2.37. The molecule has 2 N–H and O–H groups in total. The standard InChI is InChI=1S/C32H33ClFN7O3/c1-16-10-32(7-2-8-40(32)12-16)15-44-31-37-28-25-29(38-31)41-13-19(42)6-5-18(41)14-43-30(25)36-27(26(28)34)24-20-11-35-39-22(20)9-21(33)23(24)17-3-4-17/h9,11,17-19,42H,1-8,10,12-15H2,(H,35,39)/t18-,19-,32-/m0/s1. The van der Waals surface area contributed by atoms with Gasteiger partial charge in [0.05, 0.1) is 29.4 Å². The van der Waals surface area contributed by atoms with Gasteiger partial charge in [0.15, 0.2) is 5.82 Å². The summed E-state index contributed by atoms with van der Waals surface area (Å²) < 4.78 is 29.8. The number of fused-ring (bicyclic) bond motifs is 4. The Bertz CT molecular complexity index is 1860. The van der Waals surface area contributed by atoms with Gasteiger partial charge in [-0.2, -0.15) is 15.1 Å². The smallest absolute Gasteiger partial charge is 0.319 e. The molecule has 3 saturated heterocycles. The van der Waals surface area contributed by atoms with Gasteiger partial charge in [-0.1, -0.05) is 23.8 Å². The van der Waals surface area contributed by atoms with Gasteiger partial charge in [-0.25, -0.2) is 9.37 Å². The molecule has 0 spiro atoms. The number of rotatable bonds is 5. The Labute approximate surface area is 258 Å². The zero-order chi connectivity index (χ0) is 29.7. The van der Waals surface area contributed by atoms with E-state index in [0.29, 0.717) is 59.9 Å². The highest BCUT2D eigenvalue weighted by Gasteiger charge is 2.47. The van der Waals surface area contributed by atoms with Crippen LogP contribution in [0, 0.1) is 5.82 Å². The number of piperidine rings is 1. The second-order valence-electron chi connectivity index (χ2n) is 13.2. The molecule has 4 fully saturated rings. The number of ether oxygens (including phenoxy) is 2. The number of aromatic nitrogens is 5. The van der Waals surface area contributed by atoms with Gasteiger partial charge in [0.25, 0.3) is 0 Å².